The van der Waals surface area contributed by atoms with Crippen LogP contribution in [0, 0.1) is 5.82 Å². The van der Waals surface area contributed by atoms with Gasteiger partial charge in [0.05, 0.1) is 12.8 Å². The number of carbonyl (C=O) groups excluding carboxylic acids is 2. The van der Waals surface area contributed by atoms with E-state index < -0.39 is 0 Å². The van der Waals surface area contributed by atoms with E-state index in [9.17, 15) is 14.0 Å². The molecule has 6 nitrogen and oxygen atoms in total. The monoisotopic (exact) mass is 385 g/mol. The fourth-order valence-electron chi connectivity index (χ4n) is 3.59. The van der Waals surface area contributed by atoms with Crippen LogP contribution in [0.25, 0.3) is 0 Å². The molecule has 0 radical (unpaired) electrons. The summed E-state index contributed by atoms with van der Waals surface area (Å²) in [5.41, 5.74) is 0.621. The van der Waals surface area contributed by atoms with Crippen LogP contribution < -0.4 is 0 Å². The van der Waals surface area contributed by atoms with Gasteiger partial charge in [-0.05, 0) is 31.0 Å². The third-order valence-corrected chi connectivity index (χ3v) is 5.38. The number of furan rings is 1. The highest BCUT2D eigenvalue weighted by atomic mass is 19.1. The Hall–Kier alpha value is -2.67. The minimum atomic E-state index is -0.231. The summed E-state index contributed by atoms with van der Waals surface area (Å²) in [6, 6.07) is 10.4. The summed E-state index contributed by atoms with van der Waals surface area (Å²) >= 11 is 0. The first-order chi connectivity index (χ1) is 13.6. The highest BCUT2D eigenvalue weighted by Gasteiger charge is 2.33. The van der Waals surface area contributed by atoms with Crippen molar-refractivity contribution < 1.29 is 18.4 Å². The Morgan fingerprint density at radius 1 is 1.04 bits per heavy atom. The van der Waals surface area contributed by atoms with Gasteiger partial charge in [-0.2, -0.15) is 0 Å². The molecule has 148 valence electrons. The average molecular weight is 385 g/mol. The number of piperazine rings is 1. The molecular weight excluding hydrogens is 361 g/mol. The topological polar surface area (TPSA) is 57.0 Å². The standard InChI is InChI=1S/C21H24FN3O3/c22-18-5-2-1-4-16(18)14-25(17-7-8-17)15-20(26)23-9-11-24(12-10-23)21(27)19-6-3-13-28-19/h1-6,13,17H,7-12,14-15H2. The van der Waals surface area contributed by atoms with E-state index in [4.69, 9.17) is 4.42 Å². The maximum Gasteiger partial charge on any atom is 0.289 e. The first-order valence-electron chi connectivity index (χ1n) is 9.70. The average Bonchev–Trinajstić information content (AvgIpc) is 3.42. The lowest BCUT2D eigenvalue weighted by Crippen LogP contribution is -2.52. The summed E-state index contributed by atoms with van der Waals surface area (Å²) in [5.74, 6) is -0.0141. The predicted octanol–water partition coefficient (Wildman–Crippen LogP) is 2.37. The van der Waals surface area contributed by atoms with Crippen molar-refractivity contribution in [3.63, 3.8) is 0 Å². The predicted molar refractivity (Wildman–Crippen MR) is 101 cm³/mol. The number of carbonyl (C=O) groups is 2. The lowest BCUT2D eigenvalue weighted by Gasteiger charge is -2.35. The molecular formula is C21H24FN3O3. The van der Waals surface area contributed by atoms with Gasteiger partial charge in [-0.15, -0.1) is 0 Å². The van der Waals surface area contributed by atoms with Gasteiger partial charge in [-0.1, -0.05) is 18.2 Å². The van der Waals surface area contributed by atoms with E-state index in [-0.39, 0.29) is 24.2 Å². The van der Waals surface area contributed by atoms with Gasteiger partial charge in [0, 0.05) is 44.3 Å². The molecule has 1 aliphatic carbocycles. The van der Waals surface area contributed by atoms with Crippen LogP contribution in [0.2, 0.25) is 0 Å². The lowest BCUT2D eigenvalue weighted by atomic mass is 10.2. The summed E-state index contributed by atoms with van der Waals surface area (Å²) in [6.07, 6.45) is 3.58. The summed E-state index contributed by atoms with van der Waals surface area (Å²) < 4.78 is 19.2. The number of amides is 2. The third-order valence-electron chi connectivity index (χ3n) is 5.38. The van der Waals surface area contributed by atoms with Crippen LogP contribution in [-0.2, 0) is 11.3 Å². The second kappa shape index (κ2) is 8.14. The molecule has 2 heterocycles. The zero-order chi connectivity index (χ0) is 19.5. The Morgan fingerprint density at radius 3 is 2.39 bits per heavy atom. The SMILES string of the molecule is O=C(CN(Cc1ccccc1F)C1CC1)N1CCN(C(=O)c2ccco2)CC1. The largest absolute Gasteiger partial charge is 0.459 e. The first-order valence-corrected chi connectivity index (χ1v) is 9.70. The molecule has 0 spiro atoms. The molecule has 1 aromatic carbocycles. The fourth-order valence-corrected chi connectivity index (χ4v) is 3.59. The van der Waals surface area contributed by atoms with Crippen LogP contribution in [0.5, 0.6) is 0 Å². The Bertz CT molecular complexity index is 827. The number of hydrogen-bond donors (Lipinski definition) is 0. The van der Waals surface area contributed by atoms with E-state index in [2.05, 4.69) is 4.90 Å². The molecule has 2 aliphatic rings. The van der Waals surface area contributed by atoms with Gasteiger partial charge in [-0.25, -0.2) is 4.39 Å². The minimum absolute atomic E-state index is 0.0355. The quantitative estimate of drug-likeness (QED) is 0.766. The van der Waals surface area contributed by atoms with Gasteiger partial charge in [0.2, 0.25) is 5.91 Å². The molecule has 0 N–H and O–H groups in total. The van der Waals surface area contributed by atoms with Crippen LogP contribution in [0.15, 0.2) is 47.1 Å². The zero-order valence-electron chi connectivity index (χ0n) is 15.7. The smallest absolute Gasteiger partial charge is 0.289 e. The van der Waals surface area contributed by atoms with Crippen LogP contribution in [0.4, 0.5) is 4.39 Å². The molecule has 7 heteroatoms. The highest BCUT2D eigenvalue weighted by Crippen LogP contribution is 2.28. The number of benzene rings is 1. The van der Waals surface area contributed by atoms with Gasteiger partial charge in [-0.3, -0.25) is 14.5 Å². The summed E-state index contributed by atoms with van der Waals surface area (Å²) in [4.78, 5) is 30.7. The van der Waals surface area contributed by atoms with Crippen LogP contribution in [0.3, 0.4) is 0 Å². The van der Waals surface area contributed by atoms with Crippen molar-refractivity contribution in [3.8, 4) is 0 Å². The Kier molecular flexibility index (Phi) is 5.43. The second-order valence-corrected chi connectivity index (χ2v) is 7.38. The molecule has 2 fully saturated rings. The van der Waals surface area contributed by atoms with Crippen LogP contribution in [0.1, 0.15) is 29.0 Å². The third kappa shape index (κ3) is 4.25. The zero-order valence-corrected chi connectivity index (χ0v) is 15.7. The van der Waals surface area contributed by atoms with E-state index in [1.165, 1.54) is 12.3 Å². The van der Waals surface area contributed by atoms with Crippen molar-refractivity contribution in [3.05, 3.63) is 59.8 Å². The molecule has 1 aromatic heterocycles. The molecule has 1 saturated carbocycles. The minimum Gasteiger partial charge on any atom is -0.459 e. The van der Waals surface area contributed by atoms with Crippen molar-refractivity contribution in [1.29, 1.82) is 0 Å². The lowest BCUT2D eigenvalue weighted by molar-refractivity contribution is -0.134. The van der Waals surface area contributed by atoms with Crippen molar-refractivity contribution >= 4 is 11.8 Å². The molecule has 1 saturated heterocycles. The Balaban J connectivity index is 1.32. The molecule has 1 aliphatic heterocycles. The number of rotatable bonds is 6. The Labute approximate surface area is 163 Å². The maximum absolute atomic E-state index is 14.0. The van der Waals surface area contributed by atoms with E-state index in [0.717, 1.165) is 12.8 Å². The normalized spacial score (nSPS) is 17.2. The number of halogens is 1. The Morgan fingerprint density at radius 2 is 1.75 bits per heavy atom. The highest BCUT2D eigenvalue weighted by molar-refractivity contribution is 5.91. The van der Waals surface area contributed by atoms with E-state index in [0.29, 0.717) is 50.1 Å². The van der Waals surface area contributed by atoms with Crippen LogP contribution in [-0.4, -0.2) is 65.3 Å². The first kappa shape index (κ1) is 18.7. The second-order valence-electron chi connectivity index (χ2n) is 7.38. The molecule has 28 heavy (non-hydrogen) atoms. The van der Waals surface area contributed by atoms with Gasteiger partial charge < -0.3 is 14.2 Å². The summed E-state index contributed by atoms with van der Waals surface area (Å²) in [6.45, 7) is 2.71. The van der Waals surface area contributed by atoms with E-state index in [1.54, 1.807) is 34.1 Å². The number of hydrogen-bond acceptors (Lipinski definition) is 4. The summed E-state index contributed by atoms with van der Waals surface area (Å²) in [7, 11) is 0. The van der Waals surface area contributed by atoms with Gasteiger partial charge in [0.15, 0.2) is 5.76 Å². The fraction of sp³-hybridized carbons (Fsp3) is 0.429. The molecule has 0 atom stereocenters. The number of nitrogens with zero attached hydrogens (tertiary/aromatic N) is 3. The van der Waals surface area contributed by atoms with Crippen molar-refractivity contribution in [2.24, 2.45) is 0 Å². The molecule has 0 unspecified atom stereocenters. The van der Waals surface area contributed by atoms with Crippen molar-refractivity contribution in [2.75, 3.05) is 32.7 Å². The van der Waals surface area contributed by atoms with Gasteiger partial charge >= 0.3 is 0 Å². The van der Waals surface area contributed by atoms with Crippen molar-refractivity contribution in [1.82, 2.24) is 14.7 Å². The van der Waals surface area contributed by atoms with E-state index in [1.807, 2.05) is 6.07 Å². The van der Waals surface area contributed by atoms with Crippen molar-refractivity contribution in [2.45, 2.75) is 25.4 Å². The maximum atomic E-state index is 14.0. The van der Waals surface area contributed by atoms with Gasteiger partial charge in [0.25, 0.3) is 5.91 Å². The van der Waals surface area contributed by atoms with Gasteiger partial charge in [0.1, 0.15) is 5.82 Å². The molecule has 2 aromatic rings. The molecule has 2 amide bonds. The van der Waals surface area contributed by atoms with Crippen LogP contribution >= 0.6 is 0 Å². The molecule has 0 bridgehead atoms. The van der Waals surface area contributed by atoms with E-state index >= 15 is 0 Å². The summed E-state index contributed by atoms with van der Waals surface area (Å²) in [5, 5.41) is 0. The molecule has 4 rings (SSSR count).